The third-order valence-corrected chi connectivity index (χ3v) is 9.50. The molecule has 3 saturated heterocycles. The molecule has 1 aliphatic carbocycles. The van der Waals surface area contributed by atoms with Crippen molar-refractivity contribution in [2.75, 3.05) is 30.5 Å². The van der Waals surface area contributed by atoms with E-state index in [1.807, 2.05) is 37.1 Å². The van der Waals surface area contributed by atoms with Gasteiger partial charge in [-0.15, -0.1) is 11.8 Å². The number of hydrazine groups is 1. The van der Waals surface area contributed by atoms with Crippen molar-refractivity contribution in [2.24, 2.45) is 5.41 Å². The van der Waals surface area contributed by atoms with Crippen LogP contribution in [0.1, 0.15) is 49.8 Å². The molecule has 3 fully saturated rings. The summed E-state index contributed by atoms with van der Waals surface area (Å²) in [6, 6.07) is 9.21. The van der Waals surface area contributed by atoms with Crippen molar-refractivity contribution in [3.63, 3.8) is 0 Å². The highest BCUT2D eigenvalue weighted by Crippen LogP contribution is 2.56. The number of nitrogens with one attached hydrogen (secondary N) is 1. The number of thioether (sulfide) groups is 1. The molecule has 3 aliphatic heterocycles. The summed E-state index contributed by atoms with van der Waals surface area (Å²) in [4.78, 5) is 15.2. The maximum atomic E-state index is 13.2. The van der Waals surface area contributed by atoms with E-state index in [1.54, 1.807) is 18.7 Å². The second kappa shape index (κ2) is 12.6. The van der Waals surface area contributed by atoms with Crippen LogP contribution in [0.4, 0.5) is 18.9 Å². The minimum absolute atomic E-state index is 0.142. The largest absolute Gasteiger partial charge is 0.482 e. The predicted octanol–water partition coefficient (Wildman–Crippen LogP) is 6.95. The fourth-order valence-electron chi connectivity index (χ4n) is 5.75. The Morgan fingerprint density at radius 2 is 1.91 bits per heavy atom. The minimum atomic E-state index is -4.40. The van der Waals surface area contributed by atoms with Gasteiger partial charge in [0.15, 0.2) is 6.61 Å². The number of nitrogens with zero attached hydrogens (tertiary/aromatic N) is 2. The molecule has 2 bridgehead atoms. The van der Waals surface area contributed by atoms with E-state index in [0.29, 0.717) is 23.8 Å². The van der Waals surface area contributed by atoms with Gasteiger partial charge in [0.2, 0.25) is 12.2 Å². The Hall–Kier alpha value is -2.99. The van der Waals surface area contributed by atoms with Gasteiger partial charge in [0.05, 0.1) is 23.3 Å². The number of fused-ring (bicyclic) bond motifs is 1. The maximum absolute atomic E-state index is 13.2. The van der Waals surface area contributed by atoms with Gasteiger partial charge in [0.1, 0.15) is 5.75 Å². The Labute approximate surface area is 255 Å². The van der Waals surface area contributed by atoms with E-state index in [2.05, 4.69) is 35.5 Å². The van der Waals surface area contributed by atoms with Crippen LogP contribution in [0.2, 0.25) is 0 Å². The molecule has 6 rings (SSSR count). The highest BCUT2D eigenvalue weighted by molar-refractivity contribution is 7.99. The molecule has 3 unspecified atom stereocenters. The number of unbranched alkanes of at least 4 members (excludes halogenated alkanes) is 1. The molecule has 2 aromatic rings. The Bertz CT molecular complexity index is 1380. The first kappa shape index (κ1) is 31.4. The minimum Gasteiger partial charge on any atom is -0.482 e. The average molecular weight is 618 g/mol. The van der Waals surface area contributed by atoms with Crippen LogP contribution in [-0.4, -0.2) is 48.6 Å². The molecule has 3 atom stereocenters. The third kappa shape index (κ3) is 6.05. The number of ether oxygens (including phenoxy) is 3. The summed E-state index contributed by atoms with van der Waals surface area (Å²) in [6.07, 6.45) is 6.25. The van der Waals surface area contributed by atoms with E-state index < -0.39 is 35.3 Å². The van der Waals surface area contributed by atoms with Crippen molar-refractivity contribution in [3.8, 4) is 5.75 Å². The number of esters is 1. The summed E-state index contributed by atoms with van der Waals surface area (Å²) in [7, 11) is 0. The summed E-state index contributed by atoms with van der Waals surface area (Å²) in [5.74, 6) is 0.0527. The van der Waals surface area contributed by atoms with E-state index in [1.165, 1.54) is 12.1 Å². The van der Waals surface area contributed by atoms with Gasteiger partial charge >= 0.3 is 12.1 Å². The normalized spacial score (nSPS) is 24.7. The molecule has 0 spiro atoms. The van der Waals surface area contributed by atoms with E-state index in [-0.39, 0.29) is 6.61 Å². The van der Waals surface area contributed by atoms with Crippen LogP contribution in [0.25, 0.3) is 0 Å². The topological polar surface area (TPSA) is 63.3 Å². The summed E-state index contributed by atoms with van der Waals surface area (Å²) >= 11 is 1.72. The molecule has 4 aliphatic rings. The van der Waals surface area contributed by atoms with Gasteiger partial charge in [-0.25, -0.2) is 9.69 Å². The standard InChI is InChI=1S/C32H38F3N3O4S/c1-5-7-17-37-29-38(25-13-11-24(12-14-25)31(33,34)35)36-32(37,42-29)30(15-9-8-10-16-30)21-43-27-19-22(3)26(18-23(27)4)41-20-28(39)40-6-2/h8-15,18-19,29,36H,5-7,16-17,20-21H2,1-4H3. The molecule has 7 nitrogen and oxygen atoms in total. The van der Waals surface area contributed by atoms with Crippen molar-refractivity contribution < 1.29 is 32.2 Å². The lowest BCUT2D eigenvalue weighted by atomic mass is 9.76. The van der Waals surface area contributed by atoms with Crippen LogP contribution >= 0.6 is 11.8 Å². The molecule has 3 heterocycles. The Morgan fingerprint density at radius 1 is 1.14 bits per heavy atom. The molecule has 0 aromatic heterocycles. The number of allylic oxidation sites excluding steroid dienone is 3. The van der Waals surface area contributed by atoms with E-state index in [0.717, 1.165) is 54.0 Å². The van der Waals surface area contributed by atoms with Gasteiger partial charge in [-0.05, 0) is 81.1 Å². The van der Waals surface area contributed by atoms with Crippen LogP contribution in [0.3, 0.4) is 0 Å². The van der Waals surface area contributed by atoms with E-state index >= 15 is 0 Å². The summed E-state index contributed by atoms with van der Waals surface area (Å²) in [6.45, 7) is 8.80. The average Bonchev–Trinajstić information content (AvgIpc) is 3.54. The Morgan fingerprint density at radius 3 is 2.56 bits per heavy atom. The molecule has 11 heteroatoms. The second-order valence-electron chi connectivity index (χ2n) is 11.1. The quantitative estimate of drug-likeness (QED) is 0.203. The fraction of sp³-hybridized carbons (Fsp3) is 0.469. The number of alkyl halides is 3. The number of carbonyl (C=O) groups is 1. The maximum Gasteiger partial charge on any atom is 0.416 e. The molecule has 1 N–H and O–H groups in total. The Balaban J connectivity index is 1.39. The lowest BCUT2D eigenvalue weighted by Gasteiger charge is -2.56. The predicted molar refractivity (Wildman–Crippen MR) is 160 cm³/mol. The first-order valence-corrected chi connectivity index (χ1v) is 15.6. The smallest absolute Gasteiger partial charge is 0.416 e. The van der Waals surface area contributed by atoms with Gasteiger partial charge in [-0.1, -0.05) is 37.6 Å². The number of aryl methyl sites for hydroxylation is 2. The number of rotatable bonds is 12. The van der Waals surface area contributed by atoms with Gasteiger partial charge in [-0.2, -0.15) is 18.6 Å². The molecule has 232 valence electrons. The van der Waals surface area contributed by atoms with Crippen LogP contribution in [0.5, 0.6) is 5.75 Å². The zero-order chi connectivity index (χ0) is 30.8. The summed E-state index contributed by atoms with van der Waals surface area (Å²) < 4.78 is 57.0. The number of hydrogen-bond donors (Lipinski definition) is 1. The van der Waals surface area contributed by atoms with Crippen LogP contribution in [-0.2, 0) is 20.4 Å². The monoisotopic (exact) mass is 617 g/mol. The lowest BCUT2D eigenvalue weighted by molar-refractivity contribution is -0.351. The lowest BCUT2D eigenvalue weighted by Crippen LogP contribution is -2.73. The van der Waals surface area contributed by atoms with Gasteiger partial charge < -0.3 is 14.2 Å². The molecule has 0 saturated carbocycles. The highest BCUT2D eigenvalue weighted by Gasteiger charge is 2.71. The van der Waals surface area contributed by atoms with Crippen molar-refractivity contribution in [1.29, 1.82) is 0 Å². The molecule has 2 aromatic carbocycles. The van der Waals surface area contributed by atoms with Crippen molar-refractivity contribution in [1.82, 2.24) is 10.3 Å². The second-order valence-corrected chi connectivity index (χ2v) is 12.1. The number of anilines is 1. The van der Waals surface area contributed by atoms with Crippen molar-refractivity contribution >= 4 is 23.4 Å². The first-order chi connectivity index (χ1) is 20.5. The summed E-state index contributed by atoms with van der Waals surface area (Å²) in [5, 5.41) is 1.85. The molecular weight excluding hydrogens is 579 g/mol. The van der Waals surface area contributed by atoms with Gasteiger partial charge in [0.25, 0.3) is 0 Å². The van der Waals surface area contributed by atoms with Crippen LogP contribution < -0.4 is 15.2 Å². The van der Waals surface area contributed by atoms with E-state index in [9.17, 15) is 18.0 Å². The van der Waals surface area contributed by atoms with E-state index in [4.69, 9.17) is 14.2 Å². The number of hydrogen-bond acceptors (Lipinski definition) is 8. The highest BCUT2D eigenvalue weighted by atomic mass is 32.2. The van der Waals surface area contributed by atoms with Gasteiger partial charge in [0, 0.05) is 17.2 Å². The number of carbonyl (C=O) groups excluding carboxylic acids is 1. The Kier molecular flexibility index (Phi) is 9.18. The molecule has 0 radical (unpaired) electrons. The fourth-order valence-corrected chi connectivity index (χ4v) is 7.12. The van der Waals surface area contributed by atoms with Crippen molar-refractivity contribution in [2.45, 2.75) is 70.2 Å². The molecule has 43 heavy (non-hydrogen) atoms. The number of halogens is 3. The van der Waals surface area contributed by atoms with Crippen molar-refractivity contribution in [3.05, 3.63) is 77.4 Å². The molecule has 0 amide bonds. The summed E-state index contributed by atoms with van der Waals surface area (Å²) in [5.41, 5.74) is 4.99. The SMILES string of the molecule is CCCCN1C2OC1(C1(CSc3cc(C)c(OCC(=O)OCC)cc3C)C=CC=CC1)NN2c1ccc(C(F)(F)F)cc1. The van der Waals surface area contributed by atoms with Crippen LogP contribution in [0, 0.1) is 19.3 Å². The van der Waals surface area contributed by atoms with Gasteiger partial charge in [-0.3, -0.25) is 5.01 Å². The van der Waals surface area contributed by atoms with Crippen LogP contribution in [0.15, 0.2) is 65.6 Å². The first-order valence-electron chi connectivity index (χ1n) is 14.6. The third-order valence-electron chi connectivity index (χ3n) is 8.09. The zero-order valence-corrected chi connectivity index (χ0v) is 25.7. The zero-order valence-electron chi connectivity index (χ0n) is 24.9. The number of benzene rings is 2. The molecular formula is C32H38F3N3O4S.